The summed E-state index contributed by atoms with van der Waals surface area (Å²) in [6.07, 6.45) is 0. The van der Waals surface area contributed by atoms with Crippen molar-refractivity contribution >= 4 is 44.5 Å². The molecule has 9 aromatic rings. The van der Waals surface area contributed by atoms with Crippen LogP contribution in [0.15, 0.2) is 176 Å². The van der Waals surface area contributed by atoms with Crippen molar-refractivity contribution < 1.29 is 0 Å². The predicted molar refractivity (Wildman–Crippen MR) is 222 cm³/mol. The van der Waals surface area contributed by atoms with E-state index < -0.39 is 0 Å². The molecule has 0 spiro atoms. The van der Waals surface area contributed by atoms with Gasteiger partial charge in [0.1, 0.15) is 0 Å². The van der Waals surface area contributed by atoms with E-state index in [0.29, 0.717) is 0 Å². The molecule has 0 fully saturated rings. The number of anilines is 2. The fourth-order valence-corrected chi connectivity index (χ4v) is 9.16. The molecule has 0 bridgehead atoms. The van der Waals surface area contributed by atoms with Gasteiger partial charge in [-0.25, -0.2) is 0 Å². The lowest BCUT2D eigenvalue weighted by molar-refractivity contribution is 0.660. The minimum absolute atomic E-state index is 0.0126. The Labute approximate surface area is 308 Å². The Bertz CT molecular complexity index is 2770. The van der Waals surface area contributed by atoms with Crippen LogP contribution >= 0.6 is 11.3 Å². The number of aromatic nitrogens is 1. The van der Waals surface area contributed by atoms with Crippen molar-refractivity contribution in [3.63, 3.8) is 0 Å². The van der Waals surface area contributed by atoms with Crippen molar-refractivity contribution in [2.75, 3.05) is 5.32 Å². The number of nitrogens with one attached hydrogen (secondary N) is 1. The van der Waals surface area contributed by atoms with E-state index in [0.717, 1.165) is 17.1 Å². The second-order valence-electron chi connectivity index (χ2n) is 14.3. The summed E-state index contributed by atoms with van der Waals surface area (Å²) < 4.78 is 2.38. The molecule has 1 aliphatic carbocycles. The van der Waals surface area contributed by atoms with Gasteiger partial charge in [-0.15, -0.1) is 11.3 Å². The molecule has 3 heteroatoms. The molecule has 2 nitrogen and oxygen atoms in total. The van der Waals surface area contributed by atoms with Gasteiger partial charge < -0.3 is 9.88 Å². The van der Waals surface area contributed by atoms with Crippen molar-refractivity contribution in [2.45, 2.75) is 19.3 Å². The van der Waals surface area contributed by atoms with Crippen molar-refractivity contribution in [3.05, 3.63) is 187 Å². The SMILES string of the molecule is CC1(C)c2ccccc2-c2ccc(-c3ccc(Nc4ccc5c(c4)c4cc(-c6ccc(-c7ccccc7)s6)ccc4n5-c4ccccc4)cc3)cc21. The minimum Gasteiger partial charge on any atom is -0.356 e. The quantitative estimate of drug-likeness (QED) is 0.184. The highest BCUT2D eigenvalue weighted by molar-refractivity contribution is 7.18. The first-order valence-electron chi connectivity index (χ1n) is 17.9. The number of hydrogen-bond acceptors (Lipinski definition) is 2. The van der Waals surface area contributed by atoms with Gasteiger partial charge in [0.2, 0.25) is 0 Å². The first-order valence-corrected chi connectivity index (χ1v) is 18.7. The number of thiophene rings is 1. The molecule has 0 atom stereocenters. The summed E-state index contributed by atoms with van der Waals surface area (Å²) in [6.45, 7) is 4.68. The molecule has 2 aromatic heterocycles. The van der Waals surface area contributed by atoms with E-state index >= 15 is 0 Å². The fraction of sp³-hybridized carbons (Fsp3) is 0.0612. The van der Waals surface area contributed by atoms with Crippen LogP contribution in [0.3, 0.4) is 0 Å². The van der Waals surface area contributed by atoms with Gasteiger partial charge in [-0.3, -0.25) is 0 Å². The molecule has 0 saturated heterocycles. The van der Waals surface area contributed by atoms with Gasteiger partial charge in [-0.2, -0.15) is 0 Å². The molecule has 1 aliphatic rings. The van der Waals surface area contributed by atoms with Crippen LogP contribution in [0, 0.1) is 0 Å². The highest BCUT2D eigenvalue weighted by atomic mass is 32.1. The summed E-state index contributed by atoms with van der Waals surface area (Å²) in [4.78, 5) is 2.55. The van der Waals surface area contributed by atoms with Crippen LogP contribution in [-0.4, -0.2) is 4.57 Å². The molecule has 0 aliphatic heterocycles. The van der Waals surface area contributed by atoms with Crippen LogP contribution in [0.1, 0.15) is 25.0 Å². The smallest absolute Gasteiger partial charge is 0.0542 e. The maximum absolute atomic E-state index is 3.72. The highest BCUT2D eigenvalue weighted by Gasteiger charge is 2.35. The number of hydrogen-bond donors (Lipinski definition) is 1. The zero-order valence-electron chi connectivity index (χ0n) is 29.1. The molecule has 248 valence electrons. The average molecular weight is 685 g/mol. The molecular formula is C49H36N2S. The minimum atomic E-state index is -0.0126. The first-order chi connectivity index (χ1) is 25.5. The third kappa shape index (κ3) is 5.00. The number of para-hydroxylation sites is 1. The van der Waals surface area contributed by atoms with E-state index in [9.17, 15) is 0 Å². The molecule has 0 saturated carbocycles. The average Bonchev–Trinajstić information content (AvgIpc) is 3.88. The van der Waals surface area contributed by atoms with Gasteiger partial charge in [0.15, 0.2) is 0 Å². The van der Waals surface area contributed by atoms with E-state index in [2.05, 4.69) is 200 Å². The highest BCUT2D eigenvalue weighted by Crippen LogP contribution is 2.49. The number of nitrogens with zero attached hydrogens (tertiary/aromatic N) is 1. The van der Waals surface area contributed by atoms with E-state index in [1.165, 1.54) is 76.1 Å². The molecule has 1 N–H and O–H groups in total. The molecule has 52 heavy (non-hydrogen) atoms. The van der Waals surface area contributed by atoms with Crippen LogP contribution in [0.2, 0.25) is 0 Å². The summed E-state index contributed by atoms with van der Waals surface area (Å²) in [5.74, 6) is 0. The standard InChI is InChI=1S/C49H36N2S/c1-49(2)43-16-10-9-15-39(43)40-24-19-34(30-44(40)49)32-17-21-36(22-18-32)50-37-23-26-46-42(31-37)41-29-35(20-25-45(41)51(46)38-13-7-4-8-14-38)48-28-27-47(52-48)33-11-5-3-6-12-33/h3-31,50H,1-2H3. The zero-order valence-corrected chi connectivity index (χ0v) is 29.9. The van der Waals surface area contributed by atoms with Gasteiger partial charge in [0.05, 0.1) is 11.0 Å². The topological polar surface area (TPSA) is 17.0 Å². The normalized spacial score (nSPS) is 13.0. The second-order valence-corrected chi connectivity index (χ2v) is 15.4. The third-order valence-electron chi connectivity index (χ3n) is 10.8. The summed E-state index contributed by atoms with van der Waals surface area (Å²) in [5.41, 5.74) is 16.2. The van der Waals surface area contributed by atoms with E-state index in [1.807, 2.05) is 11.3 Å². The lowest BCUT2D eigenvalue weighted by atomic mass is 9.81. The van der Waals surface area contributed by atoms with Crippen molar-refractivity contribution in [3.8, 4) is 48.8 Å². The summed E-state index contributed by atoms with van der Waals surface area (Å²) >= 11 is 1.84. The molecule has 10 rings (SSSR count). The largest absolute Gasteiger partial charge is 0.356 e. The van der Waals surface area contributed by atoms with Gasteiger partial charge >= 0.3 is 0 Å². The maximum atomic E-state index is 3.72. The summed E-state index contributed by atoms with van der Waals surface area (Å²) in [5, 5.41) is 6.18. The molecule has 0 radical (unpaired) electrons. The Morgan fingerprint density at radius 3 is 1.83 bits per heavy atom. The van der Waals surface area contributed by atoms with Gasteiger partial charge in [-0.05, 0) is 117 Å². The van der Waals surface area contributed by atoms with Gasteiger partial charge in [0.25, 0.3) is 0 Å². The predicted octanol–water partition coefficient (Wildman–Crippen LogP) is 13.9. The maximum Gasteiger partial charge on any atom is 0.0542 e. The second kappa shape index (κ2) is 12.0. The van der Waals surface area contributed by atoms with Crippen LogP contribution in [-0.2, 0) is 5.41 Å². The monoisotopic (exact) mass is 684 g/mol. The Kier molecular flexibility index (Phi) is 7.06. The first kappa shape index (κ1) is 30.6. The van der Waals surface area contributed by atoms with Crippen LogP contribution in [0.25, 0.3) is 70.6 Å². The Balaban J connectivity index is 0.996. The molecule has 7 aromatic carbocycles. The number of fused-ring (bicyclic) bond motifs is 6. The lowest BCUT2D eigenvalue weighted by Gasteiger charge is -2.22. The molecular weight excluding hydrogens is 649 g/mol. The van der Waals surface area contributed by atoms with E-state index in [1.54, 1.807) is 0 Å². The van der Waals surface area contributed by atoms with E-state index in [4.69, 9.17) is 0 Å². The van der Waals surface area contributed by atoms with Gasteiger partial charge in [0, 0.05) is 43.0 Å². The summed E-state index contributed by atoms with van der Waals surface area (Å²) in [7, 11) is 0. The third-order valence-corrected chi connectivity index (χ3v) is 12.0. The van der Waals surface area contributed by atoms with Crippen LogP contribution in [0.5, 0.6) is 0 Å². The molecule has 2 heterocycles. The number of rotatable bonds is 6. The Morgan fingerprint density at radius 1 is 0.442 bits per heavy atom. The van der Waals surface area contributed by atoms with Gasteiger partial charge in [-0.1, -0.05) is 117 Å². The Morgan fingerprint density at radius 2 is 1.04 bits per heavy atom. The number of benzene rings is 7. The van der Waals surface area contributed by atoms with Crippen LogP contribution in [0.4, 0.5) is 11.4 Å². The zero-order chi connectivity index (χ0) is 34.8. The van der Waals surface area contributed by atoms with Crippen LogP contribution < -0.4 is 5.32 Å². The molecule has 0 unspecified atom stereocenters. The summed E-state index contributed by atoms with van der Waals surface area (Å²) in [6, 6.07) is 64.1. The van der Waals surface area contributed by atoms with Crippen molar-refractivity contribution in [1.82, 2.24) is 4.57 Å². The van der Waals surface area contributed by atoms with Crippen molar-refractivity contribution in [1.29, 1.82) is 0 Å². The molecule has 0 amide bonds. The Hall–Kier alpha value is -6.16. The van der Waals surface area contributed by atoms with Crippen molar-refractivity contribution in [2.24, 2.45) is 0 Å². The van der Waals surface area contributed by atoms with E-state index in [-0.39, 0.29) is 5.41 Å². The fourth-order valence-electron chi connectivity index (χ4n) is 8.16. The lowest BCUT2D eigenvalue weighted by Crippen LogP contribution is -2.14.